The second kappa shape index (κ2) is 7.09. The van der Waals surface area contributed by atoms with Crippen LogP contribution in [-0.4, -0.2) is 28.9 Å². The van der Waals surface area contributed by atoms with E-state index in [1.165, 1.54) is 19.3 Å². The maximum atomic E-state index is 12.1. The Morgan fingerprint density at radius 2 is 2.00 bits per heavy atom. The van der Waals surface area contributed by atoms with Gasteiger partial charge in [-0.1, -0.05) is 26.7 Å². The summed E-state index contributed by atoms with van der Waals surface area (Å²) in [7, 11) is 0. The second-order valence-corrected chi connectivity index (χ2v) is 8.11. The zero-order valence-corrected chi connectivity index (χ0v) is 14.5. The van der Waals surface area contributed by atoms with Crippen molar-refractivity contribution in [2.45, 2.75) is 52.5 Å². The molecule has 0 aromatic carbocycles. The fraction of sp³-hybridized carbons (Fsp3) is 0.765. The number of hydrogen-bond donors (Lipinski definition) is 1. The van der Waals surface area contributed by atoms with Gasteiger partial charge in [0.15, 0.2) is 5.13 Å². The van der Waals surface area contributed by atoms with Gasteiger partial charge < -0.3 is 5.32 Å². The number of piperidine rings is 1. The first kappa shape index (κ1) is 15.9. The lowest BCUT2D eigenvalue weighted by Gasteiger charge is -2.34. The van der Waals surface area contributed by atoms with E-state index in [4.69, 9.17) is 0 Å². The first-order chi connectivity index (χ1) is 10.6. The molecule has 2 aliphatic rings. The monoisotopic (exact) mass is 321 g/mol. The second-order valence-electron chi connectivity index (χ2n) is 7.25. The summed E-state index contributed by atoms with van der Waals surface area (Å²) >= 11 is 1.56. The zero-order chi connectivity index (χ0) is 15.5. The number of aromatic nitrogens is 1. The van der Waals surface area contributed by atoms with Crippen LogP contribution in [0, 0.1) is 17.8 Å². The van der Waals surface area contributed by atoms with Gasteiger partial charge in [0.1, 0.15) is 0 Å². The Morgan fingerprint density at radius 1 is 1.32 bits per heavy atom. The van der Waals surface area contributed by atoms with Crippen molar-refractivity contribution in [3.8, 4) is 0 Å². The van der Waals surface area contributed by atoms with Gasteiger partial charge in [-0.05, 0) is 31.1 Å². The average Bonchev–Trinajstić information content (AvgIpc) is 3.09. The van der Waals surface area contributed by atoms with Gasteiger partial charge in [0.2, 0.25) is 5.91 Å². The molecule has 0 radical (unpaired) electrons. The molecule has 22 heavy (non-hydrogen) atoms. The van der Waals surface area contributed by atoms with Crippen LogP contribution in [0.4, 0.5) is 5.13 Å². The minimum absolute atomic E-state index is 0.165. The van der Waals surface area contributed by atoms with E-state index in [9.17, 15) is 4.79 Å². The molecule has 2 unspecified atom stereocenters. The normalized spacial score (nSPS) is 27.2. The van der Waals surface area contributed by atoms with Crippen LogP contribution in [0.1, 0.15) is 51.6 Å². The third-order valence-electron chi connectivity index (χ3n) is 4.84. The number of amides is 1. The quantitative estimate of drug-likeness (QED) is 0.918. The first-order valence-corrected chi connectivity index (χ1v) is 9.45. The molecule has 3 rings (SSSR count). The van der Waals surface area contributed by atoms with Crippen LogP contribution in [0.3, 0.4) is 0 Å². The summed E-state index contributed by atoms with van der Waals surface area (Å²) in [5.74, 6) is 1.91. The maximum absolute atomic E-state index is 12.1. The van der Waals surface area contributed by atoms with Gasteiger partial charge in [-0.15, -0.1) is 11.3 Å². The van der Waals surface area contributed by atoms with E-state index in [-0.39, 0.29) is 11.8 Å². The van der Waals surface area contributed by atoms with Crippen molar-refractivity contribution in [1.82, 2.24) is 9.88 Å². The fourth-order valence-electron chi connectivity index (χ4n) is 3.98. The summed E-state index contributed by atoms with van der Waals surface area (Å²) in [5, 5.41) is 5.87. The topological polar surface area (TPSA) is 45.2 Å². The summed E-state index contributed by atoms with van der Waals surface area (Å²) in [6, 6.07) is 0. The van der Waals surface area contributed by atoms with Crippen molar-refractivity contribution in [2.75, 3.05) is 18.4 Å². The summed E-state index contributed by atoms with van der Waals surface area (Å²) in [4.78, 5) is 19.3. The van der Waals surface area contributed by atoms with Gasteiger partial charge in [-0.3, -0.25) is 9.69 Å². The van der Waals surface area contributed by atoms with Crippen molar-refractivity contribution in [1.29, 1.82) is 0 Å². The predicted octanol–water partition coefficient (Wildman–Crippen LogP) is 3.75. The minimum Gasteiger partial charge on any atom is -0.302 e. The molecule has 0 bridgehead atoms. The summed E-state index contributed by atoms with van der Waals surface area (Å²) < 4.78 is 0. The number of carbonyl (C=O) groups is 1. The Kier molecular flexibility index (Phi) is 5.14. The van der Waals surface area contributed by atoms with Gasteiger partial charge in [0, 0.05) is 30.9 Å². The molecule has 1 saturated heterocycles. The summed E-state index contributed by atoms with van der Waals surface area (Å²) in [6.45, 7) is 7.88. The fourth-order valence-corrected chi connectivity index (χ4v) is 4.69. The van der Waals surface area contributed by atoms with Crippen molar-refractivity contribution in [3.05, 3.63) is 11.1 Å². The van der Waals surface area contributed by atoms with Crippen molar-refractivity contribution in [2.24, 2.45) is 17.8 Å². The van der Waals surface area contributed by atoms with Crippen molar-refractivity contribution < 1.29 is 4.79 Å². The smallest absolute Gasteiger partial charge is 0.229 e. The largest absolute Gasteiger partial charge is 0.302 e. The van der Waals surface area contributed by atoms with Gasteiger partial charge >= 0.3 is 0 Å². The number of nitrogens with zero attached hydrogens (tertiary/aromatic N) is 2. The highest BCUT2D eigenvalue weighted by Crippen LogP contribution is 2.27. The lowest BCUT2D eigenvalue weighted by atomic mass is 9.92. The van der Waals surface area contributed by atoms with Gasteiger partial charge in [0.05, 0.1) is 5.69 Å². The third-order valence-corrected chi connectivity index (χ3v) is 5.64. The number of hydrogen-bond acceptors (Lipinski definition) is 4. The third kappa shape index (κ3) is 4.07. The van der Waals surface area contributed by atoms with Crippen LogP contribution in [0.25, 0.3) is 0 Å². The highest BCUT2D eigenvalue weighted by Gasteiger charge is 2.24. The van der Waals surface area contributed by atoms with Crippen molar-refractivity contribution in [3.63, 3.8) is 0 Å². The lowest BCUT2D eigenvalue weighted by Crippen LogP contribution is -2.38. The van der Waals surface area contributed by atoms with E-state index in [1.54, 1.807) is 11.3 Å². The van der Waals surface area contributed by atoms with Crippen LogP contribution in [0.15, 0.2) is 5.38 Å². The number of rotatable bonds is 4. The van der Waals surface area contributed by atoms with E-state index in [2.05, 4.69) is 34.4 Å². The van der Waals surface area contributed by atoms with Gasteiger partial charge in [-0.2, -0.15) is 0 Å². The molecule has 0 spiro atoms. The molecule has 2 heterocycles. The van der Waals surface area contributed by atoms with Crippen LogP contribution in [0.2, 0.25) is 0 Å². The molecule has 4 nitrogen and oxygen atoms in total. The molecule has 1 aromatic heterocycles. The number of anilines is 1. The van der Waals surface area contributed by atoms with Gasteiger partial charge in [-0.25, -0.2) is 4.98 Å². The number of carbonyl (C=O) groups excluding carboxylic acids is 1. The number of likely N-dealkylation sites (tertiary alicyclic amines) is 1. The molecule has 1 amide bonds. The Morgan fingerprint density at radius 3 is 2.68 bits per heavy atom. The van der Waals surface area contributed by atoms with E-state index in [0.29, 0.717) is 0 Å². The highest BCUT2D eigenvalue weighted by molar-refractivity contribution is 7.13. The lowest BCUT2D eigenvalue weighted by molar-refractivity contribution is -0.119. The zero-order valence-electron chi connectivity index (χ0n) is 13.7. The average molecular weight is 321 g/mol. The SMILES string of the molecule is CC1CC(C)CN(Cc2csc(NC(=O)C3CCCC3)n2)C1. The molecular formula is C17H27N3OS. The minimum atomic E-state index is 0.165. The molecule has 1 aromatic rings. The Hall–Kier alpha value is -0.940. The summed E-state index contributed by atoms with van der Waals surface area (Å²) in [5.41, 5.74) is 1.09. The Balaban J connectivity index is 1.53. The highest BCUT2D eigenvalue weighted by atomic mass is 32.1. The van der Waals surface area contributed by atoms with Crippen molar-refractivity contribution >= 4 is 22.4 Å². The molecule has 1 saturated carbocycles. The van der Waals surface area contributed by atoms with Crippen LogP contribution in [0.5, 0.6) is 0 Å². The van der Waals surface area contributed by atoms with E-state index in [1.807, 2.05) is 0 Å². The molecule has 2 fully saturated rings. The van der Waals surface area contributed by atoms with E-state index < -0.39 is 0 Å². The maximum Gasteiger partial charge on any atom is 0.229 e. The molecule has 122 valence electrons. The van der Waals surface area contributed by atoms with Crippen LogP contribution in [-0.2, 0) is 11.3 Å². The Labute approximate surface area is 137 Å². The van der Waals surface area contributed by atoms with Gasteiger partial charge in [0.25, 0.3) is 0 Å². The first-order valence-electron chi connectivity index (χ1n) is 8.57. The molecular weight excluding hydrogens is 294 g/mol. The number of thiazole rings is 1. The molecule has 5 heteroatoms. The van der Waals surface area contributed by atoms with E-state index >= 15 is 0 Å². The molecule has 1 aliphatic carbocycles. The predicted molar refractivity (Wildman–Crippen MR) is 90.9 cm³/mol. The van der Waals surface area contributed by atoms with Crippen LogP contribution >= 0.6 is 11.3 Å². The number of nitrogens with one attached hydrogen (secondary N) is 1. The molecule has 1 aliphatic heterocycles. The van der Waals surface area contributed by atoms with E-state index in [0.717, 1.165) is 55.1 Å². The summed E-state index contributed by atoms with van der Waals surface area (Å²) in [6.07, 6.45) is 5.77. The molecule has 1 N–H and O–H groups in total. The van der Waals surface area contributed by atoms with Crippen LogP contribution < -0.4 is 5.32 Å². The molecule has 2 atom stereocenters. The standard InChI is InChI=1S/C17H27N3OS/c1-12-7-13(2)9-20(8-12)10-15-11-22-17(18-15)19-16(21)14-5-3-4-6-14/h11-14H,3-10H2,1-2H3,(H,18,19,21). The Bertz CT molecular complexity index is 500.